The SMILES string of the molecule is Cc1cc(C)c(-c2nc(-c3cc(Oc4ccccn4)cc(-c4cccc5c4oc4ccccc45)c3)nc(-c3ccccc3O)n2)c(C)c1. The molecule has 0 aliphatic heterocycles. The summed E-state index contributed by atoms with van der Waals surface area (Å²) in [5.41, 5.74) is 8.76. The van der Waals surface area contributed by atoms with Crippen molar-refractivity contribution < 1.29 is 14.3 Å². The van der Waals surface area contributed by atoms with Crippen LogP contribution in [0.1, 0.15) is 16.7 Å². The number of furan rings is 1. The van der Waals surface area contributed by atoms with Crippen LogP contribution in [-0.2, 0) is 0 Å². The van der Waals surface area contributed by atoms with E-state index in [1.54, 1.807) is 24.4 Å². The van der Waals surface area contributed by atoms with E-state index in [1.165, 1.54) is 0 Å². The van der Waals surface area contributed by atoms with Crippen LogP contribution in [0.2, 0.25) is 0 Å². The summed E-state index contributed by atoms with van der Waals surface area (Å²) in [4.78, 5) is 19.3. The van der Waals surface area contributed by atoms with E-state index in [-0.39, 0.29) is 5.75 Å². The zero-order valence-corrected chi connectivity index (χ0v) is 26.6. The maximum atomic E-state index is 10.9. The number of pyridine rings is 1. The van der Waals surface area contributed by atoms with Gasteiger partial charge in [0.2, 0.25) is 5.88 Å². The van der Waals surface area contributed by atoms with Crippen molar-refractivity contribution in [3.05, 3.63) is 138 Å². The first-order valence-corrected chi connectivity index (χ1v) is 15.7. The Hall–Kier alpha value is -6.34. The van der Waals surface area contributed by atoms with Gasteiger partial charge in [0.15, 0.2) is 17.5 Å². The molecule has 48 heavy (non-hydrogen) atoms. The first-order valence-electron chi connectivity index (χ1n) is 15.7. The number of fused-ring (bicyclic) bond motifs is 3. The summed E-state index contributed by atoms with van der Waals surface area (Å²) in [6.07, 6.45) is 1.69. The van der Waals surface area contributed by atoms with E-state index in [0.717, 1.165) is 55.3 Å². The fourth-order valence-electron chi connectivity index (χ4n) is 6.38. The highest BCUT2D eigenvalue weighted by Gasteiger charge is 2.20. The number of aryl methyl sites for hydroxylation is 3. The fourth-order valence-corrected chi connectivity index (χ4v) is 6.38. The van der Waals surface area contributed by atoms with Crippen LogP contribution in [0.5, 0.6) is 17.4 Å². The molecule has 1 N–H and O–H groups in total. The number of phenols is 1. The molecular formula is C41H30N4O3. The van der Waals surface area contributed by atoms with E-state index in [9.17, 15) is 5.11 Å². The number of nitrogens with zero attached hydrogens (tertiary/aromatic N) is 4. The molecule has 8 aromatic rings. The number of para-hydroxylation sites is 3. The largest absolute Gasteiger partial charge is 0.507 e. The van der Waals surface area contributed by atoms with Crippen LogP contribution >= 0.6 is 0 Å². The number of hydrogen-bond donors (Lipinski definition) is 1. The summed E-state index contributed by atoms with van der Waals surface area (Å²) in [6.45, 7) is 6.20. The molecule has 5 aromatic carbocycles. The van der Waals surface area contributed by atoms with Crippen molar-refractivity contribution in [3.63, 3.8) is 0 Å². The molecule has 3 heterocycles. The Labute approximate surface area is 277 Å². The van der Waals surface area contributed by atoms with Crippen LogP contribution < -0.4 is 4.74 Å². The first kappa shape index (κ1) is 29.1. The lowest BCUT2D eigenvalue weighted by Crippen LogP contribution is -2.03. The van der Waals surface area contributed by atoms with Crippen LogP contribution in [0.15, 0.2) is 126 Å². The van der Waals surface area contributed by atoms with Gasteiger partial charge in [0.25, 0.3) is 0 Å². The van der Waals surface area contributed by atoms with Gasteiger partial charge < -0.3 is 14.3 Å². The zero-order chi connectivity index (χ0) is 32.8. The van der Waals surface area contributed by atoms with Gasteiger partial charge in [0, 0.05) is 39.7 Å². The van der Waals surface area contributed by atoms with Gasteiger partial charge in [-0.25, -0.2) is 19.9 Å². The van der Waals surface area contributed by atoms with E-state index >= 15 is 0 Å². The standard InChI is InChI=1S/C41H30N4O3/c1-24-19-25(2)37(26(3)20-24)41-44-39(43-40(45-41)33-12-4-6-15-34(33)46)28-21-27(22-29(23-28)47-36-17-8-9-18-42-36)30-13-10-14-32-31-11-5-7-16-35(31)48-38(30)32/h4-23,46H,1-3H3. The highest BCUT2D eigenvalue weighted by Crippen LogP contribution is 2.40. The average Bonchev–Trinajstić information content (AvgIpc) is 3.47. The van der Waals surface area contributed by atoms with Crippen molar-refractivity contribution in [3.8, 4) is 62.7 Å². The Bertz CT molecular complexity index is 2460. The monoisotopic (exact) mass is 626 g/mol. The van der Waals surface area contributed by atoms with Gasteiger partial charge in [-0.2, -0.15) is 0 Å². The quantitative estimate of drug-likeness (QED) is 0.196. The molecule has 0 unspecified atom stereocenters. The smallest absolute Gasteiger partial charge is 0.219 e. The van der Waals surface area contributed by atoms with Crippen LogP contribution in [0.25, 0.3) is 67.2 Å². The molecule has 7 heteroatoms. The molecule has 0 bridgehead atoms. The molecule has 7 nitrogen and oxygen atoms in total. The van der Waals surface area contributed by atoms with E-state index < -0.39 is 0 Å². The minimum atomic E-state index is 0.0856. The summed E-state index contributed by atoms with van der Waals surface area (Å²) >= 11 is 0. The topological polar surface area (TPSA) is 94.2 Å². The first-order chi connectivity index (χ1) is 23.4. The van der Waals surface area contributed by atoms with Crippen LogP contribution in [-0.4, -0.2) is 25.0 Å². The highest BCUT2D eigenvalue weighted by atomic mass is 16.5. The van der Waals surface area contributed by atoms with Crippen LogP contribution in [0, 0.1) is 20.8 Å². The van der Waals surface area contributed by atoms with Gasteiger partial charge in [0.05, 0.1) is 5.56 Å². The third-order valence-corrected chi connectivity index (χ3v) is 8.42. The normalized spacial score (nSPS) is 11.3. The average molecular weight is 627 g/mol. The maximum absolute atomic E-state index is 10.9. The van der Waals surface area contributed by atoms with E-state index in [1.807, 2.05) is 72.8 Å². The van der Waals surface area contributed by atoms with Crippen molar-refractivity contribution in [2.75, 3.05) is 0 Å². The van der Waals surface area contributed by atoms with Gasteiger partial charge in [-0.1, -0.05) is 72.3 Å². The minimum Gasteiger partial charge on any atom is -0.507 e. The molecule has 3 aromatic heterocycles. The Morgan fingerprint density at radius 2 is 1.29 bits per heavy atom. The summed E-state index contributed by atoms with van der Waals surface area (Å²) < 4.78 is 12.7. The Morgan fingerprint density at radius 1 is 0.604 bits per heavy atom. The lowest BCUT2D eigenvalue weighted by molar-refractivity contribution is 0.463. The number of hydrogen-bond acceptors (Lipinski definition) is 7. The Morgan fingerprint density at radius 3 is 2.10 bits per heavy atom. The maximum Gasteiger partial charge on any atom is 0.219 e. The second kappa shape index (κ2) is 11.8. The predicted molar refractivity (Wildman–Crippen MR) is 189 cm³/mol. The van der Waals surface area contributed by atoms with Crippen LogP contribution in [0.3, 0.4) is 0 Å². The number of aromatic nitrogens is 4. The lowest BCUT2D eigenvalue weighted by atomic mass is 9.98. The van der Waals surface area contributed by atoms with Gasteiger partial charge in [-0.05, 0) is 79.9 Å². The second-order valence-corrected chi connectivity index (χ2v) is 11.9. The molecule has 0 radical (unpaired) electrons. The summed E-state index contributed by atoms with van der Waals surface area (Å²) in [5.74, 6) is 2.42. The van der Waals surface area contributed by atoms with Crippen molar-refractivity contribution >= 4 is 21.9 Å². The molecule has 0 spiro atoms. The number of benzene rings is 5. The van der Waals surface area contributed by atoms with E-state index in [2.05, 4.69) is 50.0 Å². The molecule has 0 saturated heterocycles. The summed E-state index contributed by atoms with van der Waals surface area (Å²) in [7, 11) is 0. The Kier molecular flexibility index (Phi) is 7.14. The minimum absolute atomic E-state index is 0.0856. The van der Waals surface area contributed by atoms with Crippen molar-refractivity contribution in [2.45, 2.75) is 20.8 Å². The molecule has 232 valence electrons. The van der Waals surface area contributed by atoms with E-state index in [4.69, 9.17) is 24.1 Å². The van der Waals surface area contributed by atoms with Crippen LogP contribution in [0.4, 0.5) is 0 Å². The number of aromatic hydroxyl groups is 1. The van der Waals surface area contributed by atoms with Gasteiger partial charge in [0.1, 0.15) is 22.7 Å². The van der Waals surface area contributed by atoms with Crippen molar-refractivity contribution in [2.24, 2.45) is 0 Å². The third kappa shape index (κ3) is 5.31. The lowest BCUT2D eigenvalue weighted by Gasteiger charge is -2.15. The van der Waals surface area contributed by atoms with Gasteiger partial charge >= 0.3 is 0 Å². The zero-order valence-electron chi connectivity index (χ0n) is 26.6. The predicted octanol–water partition coefficient (Wildman–Crippen LogP) is 10.3. The van der Waals surface area contributed by atoms with E-state index in [0.29, 0.717) is 40.2 Å². The molecule has 0 saturated carbocycles. The van der Waals surface area contributed by atoms with Gasteiger partial charge in [-0.3, -0.25) is 0 Å². The molecule has 0 aliphatic carbocycles. The molecule has 0 atom stereocenters. The van der Waals surface area contributed by atoms with Crippen molar-refractivity contribution in [1.82, 2.24) is 19.9 Å². The summed E-state index contributed by atoms with van der Waals surface area (Å²) in [6, 6.07) is 37.0. The number of ether oxygens (including phenoxy) is 1. The summed E-state index contributed by atoms with van der Waals surface area (Å²) in [5, 5.41) is 12.9. The third-order valence-electron chi connectivity index (χ3n) is 8.42. The highest BCUT2D eigenvalue weighted by molar-refractivity contribution is 6.09. The van der Waals surface area contributed by atoms with Crippen molar-refractivity contribution in [1.29, 1.82) is 0 Å². The molecule has 0 aliphatic rings. The molecule has 0 fully saturated rings. The molecule has 8 rings (SSSR count). The number of phenolic OH excluding ortho intramolecular Hbond substituents is 1. The molecular weight excluding hydrogens is 596 g/mol. The second-order valence-electron chi connectivity index (χ2n) is 11.9. The number of rotatable bonds is 6. The van der Waals surface area contributed by atoms with Gasteiger partial charge in [-0.15, -0.1) is 0 Å². The fraction of sp³-hybridized carbons (Fsp3) is 0.0732. The Balaban J connectivity index is 1.38. The molecule has 0 amide bonds.